The van der Waals surface area contributed by atoms with E-state index in [4.69, 9.17) is 0 Å². The van der Waals surface area contributed by atoms with Gasteiger partial charge >= 0.3 is 0 Å². The van der Waals surface area contributed by atoms with E-state index in [1.54, 1.807) is 0 Å². The lowest BCUT2D eigenvalue weighted by Gasteiger charge is -2.34. The van der Waals surface area contributed by atoms with Gasteiger partial charge in [0.1, 0.15) is 0 Å². The van der Waals surface area contributed by atoms with Crippen molar-refractivity contribution in [2.24, 2.45) is 0 Å². The molecule has 0 N–H and O–H groups in total. The van der Waals surface area contributed by atoms with Crippen LogP contribution in [-0.4, -0.2) is 38.0 Å². The van der Waals surface area contributed by atoms with E-state index in [0.29, 0.717) is 5.92 Å². The zero-order valence-electron chi connectivity index (χ0n) is 14.8. The van der Waals surface area contributed by atoms with E-state index in [2.05, 4.69) is 31.2 Å². The fourth-order valence-corrected chi connectivity index (χ4v) is 3.56. The SMILES string of the molecule is Cc1ccccc1[C@H]1CCCN(C(=O)c2cccc(N(C)C)c2)C1. The molecule has 3 heteroatoms. The van der Waals surface area contributed by atoms with Crippen LogP contribution in [0, 0.1) is 6.92 Å². The summed E-state index contributed by atoms with van der Waals surface area (Å²) in [5.41, 5.74) is 4.56. The van der Waals surface area contributed by atoms with Gasteiger partial charge in [-0.15, -0.1) is 0 Å². The Morgan fingerprint density at radius 1 is 1.12 bits per heavy atom. The predicted molar refractivity (Wildman–Crippen MR) is 99.8 cm³/mol. The molecule has 2 aromatic carbocycles. The Labute approximate surface area is 144 Å². The summed E-state index contributed by atoms with van der Waals surface area (Å²) in [4.78, 5) is 17.0. The number of hydrogen-bond donors (Lipinski definition) is 0. The minimum Gasteiger partial charge on any atom is -0.378 e. The largest absolute Gasteiger partial charge is 0.378 e. The highest BCUT2D eigenvalue weighted by molar-refractivity contribution is 5.95. The number of benzene rings is 2. The Kier molecular flexibility index (Phi) is 4.89. The third-order valence-corrected chi connectivity index (χ3v) is 4.95. The highest BCUT2D eigenvalue weighted by Gasteiger charge is 2.26. The third kappa shape index (κ3) is 3.45. The van der Waals surface area contributed by atoms with Crippen molar-refractivity contribution in [2.75, 3.05) is 32.1 Å². The van der Waals surface area contributed by atoms with Gasteiger partial charge in [0, 0.05) is 44.4 Å². The molecule has 0 radical (unpaired) electrons. The zero-order valence-corrected chi connectivity index (χ0v) is 14.8. The Balaban J connectivity index is 1.78. The van der Waals surface area contributed by atoms with Crippen LogP contribution < -0.4 is 4.90 Å². The van der Waals surface area contributed by atoms with Crippen molar-refractivity contribution in [3.05, 3.63) is 65.2 Å². The number of hydrogen-bond acceptors (Lipinski definition) is 2. The molecule has 0 unspecified atom stereocenters. The molecule has 0 aromatic heterocycles. The summed E-state index contributed by atoms with van der Waals surface area (Å²) in [5, 5.41) is 0. The highest BCUT2D eigenvalue weighted by Crippen LogP contribution is 2.30. The number of amides is 1. The fraction of sp³-hybridized carbons (Fsp3) is 0.381. The molecule has 1 aliphatic heterocycles. The van der Waals surface area contributed by atoms with Crippen LogP contribution in [0.4, 0.5) is 5.69 Å². The average Bonchev–Trinajstić information content (AvgIpc) is 2.61. The standard InChI is InChI=1S/C21H26N2O/c1-16-8-4-5-12-20(16)18-10-7-13-23(15-18)21(24)17-9-6-11-19(14-17)22(2)3/h4-6,8-9,11-12,14,18H,7,10,13,15H2,1-3H3/t18-/m0/s1. The van der Waals surface area contributed by atoms with Crippen LogP contribution in [-0.2, 0) is 0 Å². The number of carbonyl (C=O) groups is 1. The quantitative estimate of drug-likeness (QED) is 0.850. The molecule has 1 fully saturated rings. The van der Waals surface area contributed by atoms with Crippen LogP contribution in [0.3, 0.4) is 0 Å². The Morgan fingerprint density at radius 2 is 1.92 bits per heavy atom. The van der Waals surface area contributed by atoms with Gasteiger partial charge in [-0.2, -0.15) is 0 Å². The van der Waals surface area contributed by atoms with Crippen molar-refractivity contribution in [3.63, 3.8) is 0 Å². The highest BCUT2D eigenvalue weighted by atomic mass is 16.2. The summed E-state index contributed by atoms with van der Waals surface area (Å²) in [6, 6.07) is 16.5. The summed E-state index contributed by atoms with van der Waals surface area (Å²) in [7, 11) is 4.00. The van der Waals surface area contributed by atoms with Gasteiger partial charge in [-0.1, -0.05) is 30.3 Å². The molecule has 0 aliphatic carbocycles. The lowest BCUT2D eigenvalue weighted by atomic mass is 9.88. The maximum absolute atomic E-state index is 12.9. The molecule has 1 atom stereocenters. The average molecular weight is 322 g/mol. The van der Waals surface area contributed by atoms with Gasteiger partial charge in [-0.05, 0) is 49.1 Å². The molecule has 2 aromatic rings. The second kappa shape index (κ2) is 7.08. The monoisotopic (exact) mass is 322 g/mol. The Morgan fingerprint density at radius 3 is 2.67 bits per heavy atom. The van der Waals surface area contributed by atoms with Crippen molar-refractivity contribution >= 4 is 11.6 Å². The maximum Gasteiger partial charge on any atom is 0.253 e. The third-order valence-electron chi connectivity index (χ3n) is 4.95. The molecule has 1 saturated heterocycles. The van der Waals surface area contributed by atoms with E-state index in [1.807, 2.05) is 48.2 Å². The molecule has 126 valence electrons. The van der Waals surface area contributed by atoms with E-state index < -0.39 is 0 Å². The molecule has 1 heterocycles. The summed E-state index contributed by atoms with van der Waals surface area (Å²) in [6.07, 6.45) is 2.23. The van der Waals surface area contributed by atoms with Gasteiger partial charge in [0.25, 0.3) is 5.91 Å². The molecule has 1 aliphatic rings. The predicted octanol–water partition coefficient (Wildman–Crippen LogP) is 4.08. The molecule has 3 nitrogen and oxygen atoms in total. The van der Waals surface area contributed by atoms with Crippen molar-refractivity contribution in [1.82, 2.24) is 4.90 Å². The van der Waals surface area contributed by atoms with Crippen LogP contribution in [0.2, 0.25) is 0 Å². The molecular formula is C21H26N2O. The van der Waals surface area contributed by atoms with Crippen LogP contribution in [0.25, 0.3) is 0 Å². The van der Waals surface area contributed by atoms with Crippen LogP contribution >= 0.6 is 0 Å². The maximum atomic E-state index is 12.9. The summed E-state index contributed by atoms with van der Waals surface area (Å²) in [6.45, 7) is 3.83. The van der Waals surface area contributed by atoms with E-state index in [9.17, 15) is 4.79 Å². The first-order chi connectivity index (χ1) is 11.6. The second-order valence-electron chi connectivity index (χ2n) is 6.89. The molecular weight excluding hydrogens is 296 g/mol. The lowest BCUT2D eigenvalue weighted by molar-refractivity contribution is 0.0707. The Hall–Kier alpha value is -2.29. The van der Waals surface area contributed by atoms with Crippen molar-refractivity contribution in [2.45, 2.75) is 25.7 Å². The van der Waals surface area contributed by atoms with Gasteiger partial charge in [0.05, 0.1) is 0 Å². The van der Waals surface area contributed by atoms with E-state index in [1.165, 1.54) is 11.1 Å². The number of piperidine rings is 1. The number of rotatable bonds is 3. The summed E-state index contributed by atoms with van der Waals surface area (Å²) < 4.78 is 0. The van der Waals surface area contributed by atoms with Gasteiger partial charge < -0.3 is 9.80 Å². The van der Waals surface area contributed by atoms with Crippen molar-refractivity contribution in [3.8, 4) is 0 Å². The molecule has 3 rings (SSSR count). The van der Waals surface area contributed by atoms with Crippen LogP contribution in [0.15, 0.2) is 48.5 Å². The summed E-state index contributed by atoms with van der Waals surface area (Å²) >= 11 is 0. The van der Waals surface area contributed by atoms with Gasteiger partial charge in [0.2, 0.25) is 0 Å². The number of anilines is 1. The first-order valence-corrected chi connectivity index (χ1v) is 8.68. The molecule has 0 bridgehead atoms. The number of nitrogens with zero attached hydrogens (tertiary/aromatic N) is 2. The smallest absolute Gasteiger partial charge is 0.253 e. The first kappa shape index (κ1) is 16.6. The fourth-order valence-electron chi connectivity index (χ4n) is 3.56. The van der Waals surface area contributed by atoms with Gasteiger partial charge in [-0.25, -0.2) is 0 Å². The number of aryl methyl sites for hydroxylation is 1. The number of likely N-dealkylation sites (tertiary alicyclic amines) is 1. The minimum atomic E-state index is 0.150. The number of carbonyl (C=O) groups excluding carboxylic acids is 1. The molecule has 0 spiro atoms. The normalized spacial score (nSPS) is 17.6. The van der Waals surface area contributed by atoms with Crippen LogP contribution in [0.5, 0.6) is 0 Å². The molecule has 1 amide bonds. The second-order valence-corrected chi connectivity index (χ2v) is 6.89. The topological polar surface area (TPSA) is 23.6 Å². The van der Waals surface area contributed by atoms with Gasteiger partial charge in [0.15, 0.2) is 0 Å². The molecule has 0 saturated carbocycles. The molecule has 24 heavy (non-hydrogen) atoms. The summed E-state index contributed by atoms with van der Waals surface area (Å²) in [5.74, 6) is 0.595. The minimum absolute atomic E-state index is 0.150. The zero-order chi connectivity index (χ0) is 17.1. The van der Waals surface area contributed by atoms with E-state index in [-0.39, 0.29) is 5.91 Å². The Bertz CT molecular complexity index is 723. The van der Waals surface area contributed by atoms with Gasteiger partial charge in [-0.3, -0.25) is 4.79 Å². The first-order valence-electron chi connectivity index (χ1n) is 8.68. The lowest BCUT2D eigenvalue weighted by Crippen LogP contribution is -2.39. The van der Waals surface area contributed by atoms with E-state index in [0.717, 1.165) is 37.2 Å². The van der Waals surface area contributed by atoms with Crippen molar-refractivity contribution in [1.29, 1.82) is 0 Å². The van der Waals surface area contributed by atoms with E-state index >= 15 is 0 Å². The van der Waals surface area contributed by atoms with Crippen molar-refractivity contribution < 1.29 is 4.79 Å². The van der Waals surface area contributed by atoms with Crippen LogP contribution in [0.1, 0.15) is 40.2 Å².